The predicted molar refractivity (Wildman–Crippen MR) is 333 cm³/mol. The first-order valence-corrected chi connectivity index (χ1v) is 31.0. The van der Waals surface area contributed by atoms with Crippen LogP contribution in [-0.4, -0.2) is 88.9 Å². The van der Waals surface area contributed by atoms with Gasteiger partial charge in [0.25, 0.3) is 0 Å². The molecule has 3 aromatic carbocycles. The quantitative estimate of drug-likeness (QED) is 0.103. The maximum absolute atomic E-state index is 12.0. The Labute approximate surface area is 475 Å². The van der Waals surface area contributed by atoms with Gasteiger partial charge in [-0.25, -0.2) is 0 Å². The van der Waals surface area contributed by atoms with Crippen LogP contribution in [0.1, 0.15) is 264 Å². The molecular formula is C70H92N6O3. The van der Waals surface area contributed by atoms with Gasteiger partial charge in [-0.05, 0) is 87.8 Å². The van der Waals surface area contributed by atoms with E-state index in [-0.39, 0.29) is 59.4 Å². The van der Waals surface area contributed by atoms with E-state index in [1.54, 1.807) is 24.9 Å². The summed E-state index contributed by atoms with van der Waals surface area (Å²) in [7, 11) is 0. The van der Waals surface area contributed by atoms with Crippen molar-refractivity contribution in [2.75, 3.05) is 0 Å². The third-order valence-electron chi connectivity index (χ3n) is 16.3. The number of benzene rings is 3. The highest BCUT2D eigenvalue weighted by Gasteiger charge is 2.27. The van der Waals surface area contributed by atoms with Crippen molar-refractivity contribution in [3.05, 3.63) is 86.5 Å². The first kappa shape index (κ1) is 60.4. The van der Waals surface area contributed by atoms with Crippen molar-refractivity contribution < 1.29 is 15.3 Å². The number of rotatable bonds is 15. The molecule has 0 spiro atoms. The number of hydrogen-bond donors (Lipinski definition) is 3. The third-order valence-corrected chi connectivity index (χ3v) is 16.3. The van der Waals surface area contributed by atoms with Crippen LogP contribution in [0.4, 0.5) is 0 Å². The second kappa shape index (κ2) is 33.4. The van der Waals surface area contributed by atoms with Crippen molar-refractivity contribution in [1.82, 2.24) is 0 Å². The number of aromatic hydroxyl groups is 3. The summed E-state index contributed by atoms with van der Waals surface area (Å²) >= 11 is 0. The molecule has 3 N–H and O–H groups in total. The largest absolute Gasteiger partial charge is 0.507 e. The molecule has 1 heterocycles. The number of fused-ring (bicyclic) bond motifs is 9. The van der Waals surface area contributed by atoms with Crippen LogP contribution < -0.4 is 0 Å². The molecule has 6 bridgehead atoms. The van der Waals surface area contributed by atoms with Gasteiger partial charge in [-0.1, -0.05) is 185 Å². The van der Waals surface area contributed by atoms with Gasteiger partial charge in [0.15, 0.2) is 0 Å². The molecule has 3 saturated carbocycles. The van der Waals surface area contributed by atoms with Crippen LogP contribution >= 0.6 is 0 Å². The lowest BCUT2D eigenvalue weighted by molar-refractivity contribution is 0.389. The van der Waals surface area contributed by atoms with Crippen LogP contribution in [0.5, 0.6) is 17.2 Å². The molecule has 3 aliphatic carbocycles. The van der Waals surface area contributed by atoms with Crippen molar-refractivity contribution in [3.63, 3.8) is 0 Å². The molecule has 3 aromatic rings. The van der Waals surface area contributed by atoms with Gasteiger partial charge in [0, 0.05) is 106 Å². The summed E-state index contributed by atoms with van der Waals surface area (Å²) in [5.74, 6) is 21.0. The molecule has 0 aromatic heterocycles. The minimum atomic E-state index is -0.118. The lowest BCUT2D eigenvalue weighted by Gasteiger charge is -2.26. The molecule has 0 amide bonds. The van der Waals surface area contributed by atoms with Gasteiger partial charge >= 0.3 is 0 Å². The smallest absolute Gasteiger partial charge is 0.133 e. The highest BCUT2D eigenvalue weighted by atomic mass is 16.3. The maximum Gasteiger partial charge on any atom is 0.133 e. The van der Waals surface area contributed by atoms with Crippen LogP contribution in [0.3, 0.4) is 0 Å². The zero-order chi connectivity index (χ0) is 55.4. The Hall–Kier alpha value is -6.24. The number of phenolic OH excluding ortho intramolecular Hbond substituents is 3. The Morgan fingerprint density at radius 1 is 0.392 bits per heavy atom. The summed E-state index contributed by atoms with van der Waals surface area (Å²) in [6.07, 6.45) is 42.3. The highest BCUT2D eigenvalue weighted by molar-refractivity contribution is 5.95. The standard InChI is InChI=1S/C70H92N6O3/c1-5-8-11-13-15-16-17-18-20-22-31-54-42-58-48-73-63-33-24-23-32-62(63)71-46-56-40-53(30-10-7-3)41-57(68(56)77)47-72-64-34-25-27-36-66(64)75-50-60-44-55(39-38-52(4)29-21-19-14-12-9-6-2)45-61(70(60)79)51-76-67-37-28-26-35-65(67)74-49-59(43-54)69(58)78/h40-52,62-67,77-79H,5-9,11-21,23-29,32-37H2,1-4H3/b71-46+,72-47+,73-48+,74-49+,75-50+,76-51+. The number of aliphatic imine (C=N–C) groups is 6. The first-order valence-electron chi connectivity index (χ1n) is 31.0. The zero-order valence-corrected chi connectivity index (χ0v) is 48.5. The summed E-state index contributed by atoms with van der Waals surface area (Å²) < 4.78 is 0. The van der Waals surface area contributed by atoms with Gasteiger partial charge in [-0.2, -0.15) is 0 Å². The summed E-state index contributed by atoms with van der Waals surface area (Å²) in [6, 6.07) is 10.9. The average Bonchev–Trinajstić information content (AvgIpc) is 3.46. The summed E-state index contributed by atoms with van der Waals surface area (Å²) in [5.41, 5.74) is 5.98. The van der Waals surface area contributed by atoms with Gasteiger partial charge < -0.3 is 15.3 Å². The van der Waals surface area contributed by atoms with Crippen molar-refractivity contribution in [2.45, 2.75) is 250 Å². The molecule has 0 saturated heterocycles. The summed E-state index contributed by atoms with van der Waals surface area (Å²) in [4.78, 5) is 31.0. The maximum atomic E-state index is 12.0. The Balaban J connectivity index is 1.27. The fraction of sp³-hybridized carbons (Fsp3) is 0.571. The van der Waals surface area contributed by atoms with Gasteiger partial charge in [0.2, 0.25) is 0 Å². The lowest BCUT2D eigenvalue weighted by atomic mass is 9.91. The van der Waals surface area contributed by atoms with Crippen LogP contribution in [0.15, 0.2) is 66.4 Å². The third kappa shape index (κ3) is 19.5. The highest BCUT2D eigenvalue weighted by Crippen LogP contribution is 2.32. The van der Waals surface area contributed by atoms with Gasteiger partial charge in [-0.3, -0.25) is 30.0 Å². The molecule has 1 aliphatic heterocycles. The molecule has 7 rings (SSSR count). The van der Waals surface area contributed by atoms with Crippen LogP contribution in [0.2, 0.25) is 0 Å². The van der Waals surface area contributed by atoms with Gasteiger partial charge in [0.1, 0.15) is 17.2 Å². The van der Waals surface area contributed by atoms with Crippen LogP contribution in [0, 0.1) is 41.4 Å². The normalized spacial score (nSPS) is 23.8. The van der Waals surface area contributed by atoms with E-state index in [1.807, 2.05) is 55.8 Å². The Morgan fingerprint density at radius 3 is 1.01 bits per heavy atom. The van der Waals surface area contributed by atoms with Crippen molar-refractivity contribution in [2.24, 2.45) is 35.9 Å². The molecule has 0 radical (unpaired) electrons. The Kier molecular flexibility index (Phi) is 25.5. The molecule has 420 valence electrons. The van der Waals surface area contributed by atoms with Crippen LogP contribution in [0.25, 0.3) is 0 Å². The monoisotopic (exact) mass is 1060 g/mol. The second-order valence-corrected chi connectivity index (χ2v) is 22.8. The lowest BCUT2D eigenvalue weighted by Crippen LogP contribution is -2.27. The van der Waals surface area contributed by atoms with Crippen molar-refractivity contribution in [3.8, 4) is 52.8 Å². The van der Waals surface area contributed by atoms with E-state index in [2.05, 4.69) is 56.3 Å². The van der Waals surface area contributed by atoms with E-state index >= 15 is 0 Å². The molecule has 7 atom stereocenters. The fourth-order valence-electron chi connectivity index (χ4n) is 11.4. The average molecular weight is 1070 g/mol. The van der Waals surface area contributed by atoms with Crippen molar-refractivity contribution >= 4 is 37.3 Å². The van der Waals surface area contributed by atoms with Crippen LogP contribution in [-0.2, 0) is 0 Å². The first-order chi connectivity index (χ1) is 38.7. The van der Waals surface area contributed by atoms with Gasteiger partial charge in [0.05, 0.1) is 36.3 Å². The SMILES string of the molecule is CCC#Cc1cc2c(O)c(c1)/C=N/C1CCCCC1/N=C/c1cc(C#CC(C)CCCCCCCC)cc(c1O)/C=N/C1CCCCC1/N=C/c1cc(C#CCCCCCCCCCC)cc(c1O)/C=N/C1CCCCC1/N=C/2. The molecule has 3 fully saturated rings. The van der Waals surface area contributed by atoms with Gasteiger partial charge in [-0.15, -0.1) is 0 Å². The summed E-state index contributed by atoms with van der Waals surface area (Å²) in [6.45, 7) is 8.75. The molecule has 9 heteroatoms. The summed E-state index contributed by atoms with van der Waals surface area (Å²) in [5, 5.41) is 35.9. The number of phenols is 3. The molecule has 4 aliphatic rings. The van der Waals surface area contributed by atoms with E-state index in [1.165, 1.54) is 83.5 Å². The Bertz CT molecular complexity index is 2800. The van der Waals surface area contributed by atoms with Crippen molar-refractivity contribution in [1.29, 1.82) is 0 Å². The number of unbranched alkanes of at least 4 members (excludes halogenated alkanes) is 13. The van der Waals surface area contributed by atoms with E-state index in [9.17, 15) is 15.3 Å². The molecule has 7 unspecified atom stereocenters. The number of nitrogens with zero attached hydrogens (tertiary/aromatic N) is 6. The zero-order valence-electron chi connectivity index (χ0n) is 48.5. The fourth-order valence-corrected chi connectivity index (χ4v) is 11.4. The molecule has 79 heavy (non-hydrogen) atoms. The van der Waals surface area contributed by atoms with E-state index in [0.717, 1.165) is 113 Å². The second-order valence-electron chi connectivity index (χ2n) is 22.8. The minimum absolute atomic E-state index is 0.108. The van der Waals surface area contributed by atoms with E-state index < -0.39 is 0 Å². The molecule has 9 nitrogen and oxygen atoms in total. The minimum Gasteiger partial charge on any atom is -0.507 e. The van der Waals surface area contributed by atoms with E-state index in [0.29, 0.717) is 39.8 Å². The Morgan fingerprint density at radius 2 is 0.684 bits per heavy atom. The molecular weight excluding hydrogens is 973 g/mol. The number of hydrogen-bond acceptors (Lipinski definition) is 9. The van der Waals surface area contributed by atoms with E-state index in [4.69, 9.17) is 30.0 Å². The topological polar surface area (TPSA) is 135 Å². The predicted octanol–water partition coefficient (Wildman–Crippen LogP) is 16.0.